The van der Waals surface area contributed by atoms with Gasteiger partial charge < -0.3 is 15.8 Å². The van der Waals surface area contributed by atoms with E-state index in [0.717, 1.165) is 13.0 Å². The van der Waals surface area contributed by atoms with Crippen molar-refractivity contribution < 1.29 is 13.9 Å². The molecule has 1 heterocycles. The monoisotopic (exact) mass is 224 g/mol. The second-order valence-corrected chi connectivity index (χ2v) is 3.76. The Hall–Kier alpha value is -1.62. The van der Waals surface area contributed by atoms with Crippen molar-refractivity contribution in [1.82, 2.24) is 0 Å². The van der Waals surface area contributed by atoms with Gasteiger partial charge in [0.15, 0.2) is 0 Å². The van der Waals surface area contributed by atoms with Gasteiger partial charge in [0.05, 0.1) is 18.2 Å². The molecule has 1 fully saturated rings. The molecule has 1 saturated heterocycles. The molecule has 86 valence electrons. The number of carbonyl (C=O) groups excluding carboxylic acids is 1. The molecule has 1 amide bonds. The maximum absolute atomic E-state index is 13.2. The van der Waals surface area contributed by atoms with Crippen LogP contribution in [0.3, 0.4) is 0 Å². The first-order valence-corrected chi connectivity index (χ1v) is 5.10. The van der Waals surface area contributed by atoms with Gasteiger partial charge in [0, 0.05) is 12.3 Å². The van der Waals surface area contributed by atoms with Gasteiger partial charge in [-0.15, -0.1) is 0 Å². The molecule has 4 nitrogen and oxygen atoms in total. The summed E-state index contributed by atoms with van der Waals surface area (Å²) in [4.78, 5) is 10.9. The minimum atomic E-state index is -0.760. The minimum absolute atomic E-state index is 0.0936. The quantitative estimate of drug-likeness (QED) is 0.808. The van der Waals surface area contributed by atoms with Crippen molar-refractivity contribution in [2.75, 3.05) is 18.5 Å². The van der Waals surface area contributed by atoms with Gasteiger partial charge in [0.1, 0.15) is 5.82 Å². The van der Waals surface area contributed by atoms with Crippen molar-refractivity contribution in [3.05, 3.63) is 29.6 Å². The Morgan fingerprint density at radius 3 is 3.00 bits per heavy atom. The molecule has 0 radical (unpaired) electrons. The highest BCUT2D eigenvalue weighted by Crippen LogP contribution is 2.17. The summed E-state index contributed by atoms with van der Waals surface area (Å²) in [6.07, 6.45) is 0.906. The molecule has 0 spiro atoms. The smallest absolute Gasteiger partial charge is 0.251 e. The van der Waals surface area contributed by atoms with Gasteiger partial charge >= 0.3 is 0 Å². The highest BCUT2D eigenvalue weighted by atomic mass is 19.1. The van der Waals surface area contributed by atoms with Gasteiger partial charge in [-0.3, -0.25) is 4.79 Å². The van der Waals surface area contributed by atoms with Crippen LogP contribution in [-0.2, 0) is 4.74 Å². The van der Waals surface area contributed by atoms with E-state index in [1.807, 2.05) is 0 Å². The van der Waals surface area contributed by atoms with Gasteiger partial charge in [-0.05, 0) is 24.6 Å². The normalized spacial score (nSPS) is 19.7. The lowest BCUT2D eigenvalue weighted by atomic mass is 10.1. The molecule has 1 atom stereocenters. The number of halogens is 1. The summed E-state index contributed by atoms with van der Waals surface area (Å²) >= 11 is 0. The number of nitrogens with one attached hydrogen (secondary N) is 1. The average Bonchev–Trinajstić information content (AvgIpc) is 2.73. The number of nitrogens with two attached hydrogens (primary N) is 1. The Bertz CT molecular complexity index is 403. The summed E-state index contributed by atoms with van der Waals surface area (Å²) in [5, 5.41) is 3.16. The molecular formula is C11H13FN2O2. The van der Waals surface area contributed by atoms with Crippen molar-refractivity contribution in [3.8, 4) is 0 Å². The van der Waals surface area contributed by atoms with Crippen molar-refractivity contribution in [1.29, 1.82) is 0 Å². The number of benzene rings is 1. The van der Waals surface area contributed by atoms with E-state index >= 15 is 0 Å². The number of hydrogen-bond donors (Lipinski definition) is 2. The van der Waals surface area contributed by atoms with Crippen LogP contribution in [-0.4, -0.2) is 25.2 Å². The molecule has 1 aromatic rings. The first-order chi connectivity index (χ1) is 7.66. The maximum atomic E-state index is 13.2. The fourth-order valence-electron chi connectivity index (χ4n) is 1.69. The number of rotatable bonds is 3. The summed E-state index contributed by atoms with van der Waals surface area (Å²) in [5.41, 5.74) is 5.65. The topological polar surface area (TPSA) is 64.4 Å². The second-order valence-electron chi connectivity index (χ2n) is 3.76. The SMILES string of the molecule is NC(=O)c1cc(NC2CCOC2)ccc1F. The van der Waals surface area contributed by atoms with Gasteiger partial charge in [-0.25, -0.2) is 4.39 Å². The van der Waals surface area contributed by atoms with E-state index in [-0.39, 0.29) is 11.6 Å². The Morgan fingerprint density at radius 2 is 2.38 bits per heavy atom. The van der Waals surface area contributed by atoms with E-state index in [1.54, 1.807) is 6.07 Å². The van der Waals surface area contributed by atoms with Crippen LogP contribution in [0.4, 0.5) is 10.1 Å². The van der Waals surface area contributed by atoms with Gasteiger partial charge in [0.25, 0.3) is 5.91 Å². The zero-order chi connectivity index (χ0) is 11.5. The van der Waals surface area contributed by atoms with Crippen LogP contribution >= 0.6 is 0 Å². The van der Waals surface area contributed by atoms with Crippen LogP contribution in [0.15, 0.2) is 18.2 Å². The Labute approximate surface area is 92.6 Å². The maximum Gasteiger partial charge on any atom is 0.251 e. The molecule has 5 heteroatoms. The first-order valence-electron chi connectivity index (χ1n) is 5.10. The molecule has 0 bridgehead atoms. The van der Waals surface area contributed by atoms with Crippen LogP contribution in [0.25, 0.3) is 0 Å². The molecule has 2 rings (SSSR count). The Kier molecular flexibility index (Phi) is 3.05. The number of amides is 1. The summed E-state index contributed by atoms with van der Waals surface area (Å²) in [5.74, 6) is -1.36. The van der Waals surface area contributed by atoms with E-state index in [2.05, 4.69) is 5.32 Å². The number of anilines is 1. The van der Waals surface area contributed by atoms with E-state index in [9.17, 15) is 9.18 Å². The minimum Gasteiger partial charge on any atom is -0.380 e. The molecule has 16 heavy (non-hydrogen) atoms. The summed E-state index contributed by atoms with van der Waals surface area (Å²) < 4.78 is 18.4. The van der Waals surface area contributed by atoms with Gasteiger partial charge in [-0.1, -0.05) is 0 Å². The highest BCUT2D eigenvalue weighted by molar-refractivity contribution is 5.94. The van der Waals surface area contributed by atoms with Crippen LogP contribution < -0.4 is 11.1 Å². The van der Waals surface area contributed by atoms with Gasteiger partial charge in [0.2, 0.25) is 0 Å². The number of ether oxygens (including phenoxy) is 1. The molecule has 3 N–H and O–H groups in total. The third-order valence-electron chi connectivity index (χ3n) is 2.53. The molecule has 1 aliphatic heterocycles. The standard InChI is InChI=1S/C11H13FN2O2/c12-10-2-1-7(5-9(10)11(13)15)14-8-3-4-16-6-8/h1-2,5,8,14H,3-4,6H2,(H2,13,15). The molecule has 0 aliphatic carbocycles. The molecular weight excluding hydrogens is 211 g/mol. The molecule has 0 aromatic heterocycles. The fraction of sp³-hybridized carbons (Fsp3) is 0.364. The van der Waals surface area contributed by atoms with Crippen LogP contribution in [0.1, 0.15) is 16.8 Å². The van der Waals surface area contributed by atoms with Crippen LogP contribution in [0.5, 0.6) is 0 Å². The van der Waals surface area contributed by atoms with Crippen LogP contribution in [0.2, 0.25) is 0 Å². The largest absolute Gasteiger partial charge is 0.380 e. The number of carbonyl (C=O) groups is 1. The summed E-state index contributed by atoms with van der Waals surface area (Å²) in [6.45, 7) is 1.35. The van der Waals surface area contributed by atoms with E-state index < -0.39 is 11.7 Å². The molecule has 1 unspecified atom stereocenters. The van der Waals surface area contributed by atoms with Crippen molar-refractivity contribution in [2.24, 2.45) is 5.73 Å². The molecule has 1 aliphatic rings. The zero-order valence-electron chi connectivity index (χ0n) is 8.70. The zero-order valence-corrected chi connectivity index (χ0v) is 8.70. The van der Waals surface area contributed by atoms with Gasteiger partial charge in [-0.2, -0.15) is 0 Å². The average molecular weight is 224 g/mol. The predicted molar refractivity (Wildman–Crippen MR) is 57.8 cm³/mol. The predicted octanol–water partition coefficient (Wildman–Crippen LogP) is 1.13. The number of primary amides is 1. The van der Waals surface area contributed by atoms with E-state index in [0.29, 0.717) is 12.3 Å². The van der Waals surface area contributed by atoms with E-state index in [4.69, 9.17) is 10.5 Å². The summed E-state index contributed by atoms with van der Waals surface area (Å²) in [7, 11) is 0. The fourth-order valence-corrected chi connectivity index (χ4v) is 1.69. The van der Waals surface area contributed by atoms with Crippen molar-refractivity contribution >= 4 is 11.6 Å². The lowest BCUT2D eigenvalue weighted by Gasteiger charge is -2.12. The highest BCUT2D eigenvalue weighted by Gasteiger charge is 2.16. The Balaban J connectivity index is 2.15. The van der Waals surface area contributed by atoms with E-state index in [1.165, 1.54) is 12.1 Å². The lowest BCUT2D eigenvalue weighted by molar-refractivity contribution is 0.0996. The molecule has 0 saturated carbocycles. The lowest BCUT2D eigenvalue weighted by Crippen LogP contribution is -2.20. The van der Waals surface area contributed by atoms with Crippen LogP contribution in [0, 0.1) is 5.82 Å². The molecule has 1 aromatic carbocycles. The first kappa shape index (κ1) is 10.9. The third-order valence-corrected chi connectivity index (χ3v) is 2.53. The summed E-state index contributed by atoms with van der Waals surface area (Å²) in [6, 6.07) is 4.46. The Morgan fingerprint density at radius 1 is 1.56 bits per heavy atom. The second kappa shape index (κ2) is 4.49. The third kappa shape index (κ3) is 2.30. The van der Waals surface area contributed by atoms with Crippen molar-refractivity contribution in [2.45, 2.75) is 12.5 Å². The number of hydrogen-bond acceptors (Lipinski definition) is 3. The van der Waals surface area contributed by atoms with Crippen molar-refractivity contribution in [3.63, 3.8) is 0 Å².